The lowest BCUT2D eigenvalue weighted by atomic mass is 10.1. The van der Waals surface area contributed by atoms with Crippen LogP contribution < -0.4 is 10.6 Å². The molecule has 5 nitrogen and oxygen atoms in total. The van der Waals surface area contributed by atoms with E-state index in [1.54, 1.807) is 4.68 Å². The van der Waals surface area contributed by atoms with Crippen molar-refractivity contribution < 1.29 is 4.79 Å². The van der Waals surface area contributed by atoms with Crippen molar-refractivity contribution in [1.82, 2.24) is 15.1 Å². The van der Waals surface area contributed by atoms with Gasteiger partial charge in [0, 0.05) is 25.6 Å². The van der Waals surface area contributed by atoms with Gasteiger partial charge in [0.2, 0.25) is 5.91 Å². The second-order valence-electron chi connectivity index (χ2n) is 3.74. The van der Waals surface area contributed by atoms with Crippen LogP contribution >= 0.6 is 12.4 Å². The first-order chi connectivity index (χ1) is 7.04. The second-order valence-corrected chi connectivity index (χ2v) is 3.74. The molecule has 0 bridgehead atoms. The first-order valence-corrected chi connectivity index (χ1v) is 5.00. The van der Waals surface area contributed by atoms with Crippen molar-refractivity contribution in [3.8, 4) is 0 Å². The molecule has 1 heterocycles. The Morgan fingerprint density at radius 1 is 1.62 bits per heavy atom. The molecule has 0 fully saturated rings. The Bertz CT molecular complexity index is 351. The molecule has 1 aromatic heterocycles. The van der Waals surface area contributed by atoms with Crippen LogP contribution in [-0.4, -0.2) is 29.3 Å². The number of hydrogen-bond acceptors (Lipinski definition) is 3. The van der Waals surface area contributed by atoms with Gasteiger partial charge in [-0.15, -0.1) is 12.4 Å². The number of hydrogen-bond donors (Lipinski definition) is 2. The lowest BCUT2D eigenvalue weighted by Gasteiger charge is -2.11. The van der Waals surface area contributed by atoms with Crippen LogP contribution in [0, 0.1) is 12.8 Å². The van der Waals surface area contributed by atoms with Crippen LogP contribution in [0.25, 0.3) is 0 Å². The molecule has 1 atom stereocenters. The molecule has 0 aliphatic heterocycles. The molecule has 1 amide bonds. The third-order valence-corrected chi connectivity index (χ3v) is 2.21. The average Bonchev–Trinajstić information content (AvgIpc) is 2.45. The molecular formula is C10H19ClN4O. The van der Waals surface area contributed by atoms with Crippen LogP contribution in [-0.2, 0) is 11.8 Å². The van der Waals surface area contributed by atoms with Crippen molar-refractivity contribution >= 4 is 24.1 Å². The lowest BCUT2D eigenvalue weighted by Crippen LogP contribution is -2.29. The van der Waals surface area contributed by atoms with Crippen molar-refractivity contribution in [2.45, 2.75) is 13.8 Å². The summed E-state index contributed by atoms with van der Waals surface area (Å²) in [4.78, 5) is 11.7. The van der Waals surface area contributed by atoms with E-state index >= 15 is 0 Å². The maximum Gasteiger partial charge on any atom is 0.229 e. The molecule has 1 aromatic rings. The fourth-order valence-corrected chi connectivity index (χ4v) is 1.38. The fraction of sp³-hybridized carbons (Fsp3) is 0.600. The smallest absolute Gasteiger partial charge is 0.229 e. The van der Waals surface area contributed by atoms with Crippen molar-refractivity contribution in [1.29, 1.82) is 0 Å². The molecule has 1 rings (SSSR count). The quantitative estimate of drug-likeness (QED) is 0.832. The Labute approximate surface area is 102 Å². The van der Waals surface area contributed by atoms with Gasteiger partial charge in [-0.05, 0) is 14.0 Å². The number of rotatable bonds is 4. The molecule has 92 valence electrons. The molecule has 1 unspecified atom stereocenters. The van der Waals surface area contributed by atoms with E-state index in [0.29, 0.717) is 6.54 Å². The lowest BCUT2D eigenvalue weighted by molar-refractivity contribution is -0.119. The molecular weight excluding hydrogens is 228 g/mol. The van der Waals surface area contributed by atoms with Crippen LogP contribution in [0.15, 0.2) is 6.07 Å². The average molecular weight is 247 g/mol. The molecule has 0 saturated heterocycles. The third-order valence-electron chi connectivity index (χ3n) is 2.21. The highest BCUT2D eigenvalue weighted by atomic mass is 35.5. The second kappa shape index (κ2) is 6.50. The standard InChI is InChI=1S/C10H18N4O.ClH/c1-7(6-11-3)10(15)12-9-5-8(2)13-14(9)4;/h5,7,11H,6H2,1-4H3,(H,12,15);1H. The zero-order valence-electron chi connectivity index (χ0n) is 10.1. The zero-order chi connectivity index (χ0) is 11.4. The van der Waals surface area contributed by atoms with Gasteiger partial charge in [-0.2, -0.15) is 5.10 Å². The van der Waals surface area contributed by atoms with Crippen molar-refractivity contribution in [3.05, 3.63) is 11.8 Å². The van der Waals surface area contributed by atoms with E-state index in [0.717, 1.165) is 11.5 Å². The van der Waals surface area contributed by atoms with Crippen molar-refractivity contribution in [2.75, 3.05) is 18.9 Å². The predicted octanol–water partition coefficient (Wildman–Crippen LogP) is 0.944. The monoisotopic (exact) mass is 246 g/mol. The number of amides is 1. The molecule has 0 aliphatic rings. The molecule has 0 spiro atoms. The fourth-order valence-electron chi connectivity index (χ4n) is 1.38. The van der Waals surface area contributed by atoms with Crippen LogP contribution in [0.1, 0.15) is 12.6 Å². The number of nitrogens with one attached hydrogen (secondary N) is 2. The largest absolute Gasteiger partial charge is 0.319 e. The summed E-state index contributed by atoms with van der Waals surface area (Å²) in [6.07, 6.45) is 0. The minimum absolute atomic E-state index is 0. The Balaban J connectivity index is 0.00000225. The summed E-state index contributed by atoms with van der Waals surface area (Å²) < 4.78 is 1.67. The summed E-state index contributed by atoms with van der Waals surface area (Å²) in [6, 6.07) is 1.85. The Kier molecular flexibility index (Phi) is 6.06. The first kappa shape index (κ1) is 14.9. The number of carbonyl (C=O) groups is 1. The summed E-state index contributed by atoms with van der Waals surface area (Å²) in [6.45, 7) is 4.45. The molecule has 0 aliphatic carbocycles. The van der Waals surface area contributed by atoms with Gasteiger partial charge in [-0.1, -0.05) is 6.92 Å². The van der Waals surface area contributed by atoms with Crippen LogP contribution in [0.2, 0.25) is 0 Å². The maximum absolute atomic E-state index is 11.7. The van der Waals surface area contributed by atoms with Gasteiger partial charge in [0.15, 0.2) is 0 Å². The van der Waals surface area contributed by atoms with Crippen molar-refractivity contribution in [3.63, 3.8) is 0 Å². The van der Waals surface area contributed by atoms with Crippen LogP contribution in [0.5, 0.6) is 0 Å². The summed E-state index contributed by atoms with van der Waals surface area (Å²) in [5.74, 6) is 0.693. The molecule has 0 radical (unpaired) electrons. The van der Waals surface area contributed by atoms with Crippen LogP contribution in [0.4, 0.5) is 5.82 Å². The van der Waals surface area contributed by atoms with E-state index in [1.165, 1.54) is 0 Å². The van der Waals surface area contributed by atoms with Crippen LogP contribution in [0.3, 0.4) is 0 Å². The number of anilines is 1. The molecule has 6 heteroatoms. The number of aryl methyl sites for hydroxylation is 2. The molecule has 2 N–H and O–H groups in total. The Hall–Kier alpha value is -1.07. The first-order valence-electron chi connectivity index (χ1n) is 5.00. The minimum Gasteiger partial charge on any atom is -0.319 e. The molecule has 0 saturated carbocycles. The van der Waals surface area contributed by atoms with E-state index in [9.17, 15) is 4.79 Å². The highest BCUT2D eigenvalue weighted by Crippen LogP contribution is 2.09. The van der Waals surface area contributed by atoms with E-state index in [2.05, 4.69) is 15.7 Å². The van der Waals surface area contributed by atoms with E-state index in [4.69, 9.17) is 0 Å². The normalized spacial score (nSPS) is 11.8. The maximum atomic E-state index is 11.7. The van der Waals surface area contributed by atoms with Gasteiger partial charge in [-0.25, -0.2) is 0 Å². The molecule has 16 heavy (non-hydrogen) atoms. The molecule has 0 aromatic carbocycles. The van der Waals surface area contributed by atoms with Gasteiger partial charge in [0.1, 0.15) is 5.82 Å². The minimum atomic E-state index is -0.0507. The highest BCUT2D eigenvalue weighted by molar-refractivity contribution is 5.91. The van der Waals surface area contributed by atoms with Gasteiger partial charge in [0.25, 0.3) is 0 Å². The summed E-state index contributed by atoms with van der Waals surface area (Å²) >= 11 is 0. The zero-order valence-corrected chi connectivity index (χ0v) is 10.9. The van der Waals surface area contributed by atoms with Crippen molar-refractivity contribution in [2.24, 2.45) is 13.0 Å². The van der Waals surface area contributed by atoms with E-state index < -0.39 is 0 Å². The number of nitrogens with zero attached hydrogens (tertiary/aromatic N) is 2. The van der Waals surface area contributed by atoms with E-state index in [1.807, 2.05) is 34.0 Å². The van der Waals surface area contributed by atoms with Gasteiger partial charge in [0.05, 0.1) is 5.69 Å². The summed E-state index contributed by atoms with van der Waals surface area (Å²) in [5, 5.41) is 9.96. The number of halogens is 1. The van der Waals surface area contributed by atoms with Gasteiger partial charge in [-0.3, -0.25) is 9.48 Å². The Morgan fingerprint density at radius 3 is 2.69 bits per heavy atom. The predicted molar refractivity (Wildman–Crippen MR) is 66.9 cm³/mol. The topological polar surface area (TPSA) is 59.0 Å². The third kappa shape index (κ3) is 3.83. The number of carbonyl (C=O) groups excluding carboxylic acids is 1. The summed E-state index contributed by atoms with van der Waals surface area (Å²) in [5.41, 5.74) is 0.897. The highest BCUT2D eigenvalue weighted by Gasteiger charge is 2.13. The SMILES string of the molecule is CNCC(C)C(=O)Nc1cc(C)nn1C.Cl. The van der Waals surface area contributed by atoms with Gasteiger partial charge < -0.3 is 10.6 Å². The number of aromatic nitrogens is 2. The van der Waals surface area contributed by atoms with E-state index in [-0.39, 0.29) is 24.2 Å². The summed E-state index contributed by atoms with van der Waals surface area (Å²) in [7, 11) is 3.64. The van der Waals surface area contributed by atoms with Gasteiger partial charge >= 0.3 is 0 Å². The Morgan fingerprint density at radius 2 is 2.25 bits per heavy atom.